The predicted octanol–water partition coefficient (Wildman–Crippen LogP) is 1.67. The van der Waals surface area contributed by atoms with Gasteiger partial charge in [0.2, 0.25) is 5.91 Å². The highest BCUT2D eigenvalue weighted by Gasteiger charge is 2.25. The van der Waals surface area contributed by atoms with Crippen LogP contribution in [0.3, 0.4) is 0 Å². The highest BCUT2D eigenvalue weighted by molar-refractivity contribution is 6.10. The molecule has 1 aliphatic carbocycles. The van der Waals surface area contributed by atoms with Crippen LogP contribution in [0.5, 0.6) is 0 Å². The number of hydrogen-bond acceptors (Lipinski definition) is 4. The standard InChI is InChI=1S/C17H18N4O2/c22-16-7-6-14(12-4-2-1-3-5-12)15(16)10-17(23)18-9-8-13-11-19-21-20-13/h1-5,11H,6-10H2,(H,18,23)(H,19,20,21). The van der Waals surface area contributed by atoms with Gasteiger partial charge in [-0.1, -0.05) is 30.3 Å². The number of hydrogen-bond donors (Lipinski definition) is 2. The van der Waals surface area contributed by atoms with Crippen molar-refractivity contribution in [3.8, 4) is 0 Å². The fraction of sp³-hybridized carbons (Fsp3) is 0.294. The van der Waals surface area contributed by atoms with Crippen molar-refractivity contribution in [1.29, 1.82) is 0 Å². The second-order valence-electron chi connectivity index (χ2n) is 5.48. The van der Waals surface area contributed by atoms with Gasteiger partial charge in [0.25, 0.3) is 0 Å². The average Bonchev–Trinajstić information content (AvgIpc) is 3.19. The van der Waals surface area contributed by atoms with Crippen molar-refractivity contribution >= 4 is 17.3 Å². The zero-order valence-corrected chi connectivity index (χ0v) is 12.7. The SMILES string of the molecule is O=C(CC1=C(c2ccccc2)CCC1=O)NCCc1cn[nH]n1. The van der Waals surface area contributed by atoms with E-state index in [1.807, 2.05) is 30.3 Å². The maximum absolute atomic E-state index is 12.1. The first-order valence-electron chi connectivity index (χ1n) is 7.66. The third kappa shape index (κ3) is 3.71. The summed E-state index contributed by atoms with van der Waals surface area (Å²) in [5.41, 5.74) is 3.48. The molecule has 1 aromatic heterocycles. The van der Waals surface area contributed by atoms with Gasteiger partial charge in [0.15, 0.2) is 5.78 Å². The first-order chi connectivity index (χ1) is 11.2. The number of carbonyl (C=O) groups is 2. The van der Waals surface area contributed by atoms with Crippen molar-refractivity contribution in [1.82, 2.24) is 20.7 Å². The molecule has 2 N–H and O–H groups in total. The molecule has 0 spiro atoms. The molecule has 1 aromatic carbocycles. The summed E-state index contributed by atoms with van der Waals surface area (Å²) in [6.45, 7) is 0.480. The Labute approximate surface area is 134 Å². The van der Waals surface area contributed by atoms with E-state index in [0.717, 1.165) is 16.8 Å². The number of aromatic amines is 1. The van der Waals surface area contributed by atoms with E-state index < -0.39 is 0 Å². The molecule has 23 heavy (non-hydrogen) atoms. The molecule has 0 saturated carbocycles. The van der Waals surface area contributed by atoms with E-state index >= 15 is 0 Å². The van der Waals surface area contributed by atoms with E-state index in [0.29, 0.717) is 31.4 Å². The molecule has 3 rings (SSSR count). The van der Waals surface area contributed by atoms with Crippen LogP contribution in [0.15, 0.2) is 42.1 Å². The van der Waals surface area contributed by atoms with Crippen molar-refractivity contribution < 1.29 is 9.59 Å². The number of nitrogens with one attached hydrogen (secondary N) is 2. The Bertz CT molecular complexity index is 720. The first-order valence-corrected chi connectivity index (χ1v) is 7.66. The minimum Gasteiger partial charge on any atom is -0.355 e. The van der Waals surface area contributed by atoms with E-state index in [2.05, 4.69) is 20.7 Å². The van der Waals surface area contributed by atoms with Crippen LogP contribution < -0.4 is 5.32 Å². The Morgan fingerprint density at radius 1 is 1.22 bits per heavy atom. The number of Topliss-reactive ketones (excluding diaryl/α,β-unsaturated/α-hetero) is 1. The average molecular weight is 310 g/mol. The molecule has 0 atom stereocenters. The molecule has 1 aliphatic rings. The topological polar surface area (TPSA) is 87.7 Å². The Morgan fingerprint density at radius 3 is 2.78 bits per heavy atom. The molecular formula is C17H18N4O2. The van der Waals surface area contributed by atoms with Crippen LogP contribution in [-0.2, 0) is 16.0 Å². The van der Waals surface area contributed by atoms with E-state index in [1.54, 1.807) is 6.20 Å². The minimum atomic E-state index is -0.132. The second-order valence-corrected chi connectivity index (χ2v) is 5.48. The second kappa shape index (κ2) is 7.00. The number of nitrogens with zero attached hydrogens (tertiary/aromatic N) is 2. The third-order valence-electron chi connectivity index (χ3n) is 3.93. The maximum atomic E-state index is 12.1. The van der Waals surface area contributed by atoms with Crippen molar-refractivity contribution in [2.75, 3.05) is 6.54 Å². The summed E-state index contributed by atoms with van der Waals surface area (Å²) < 4.78 is 0. The third-order valence-corrected chi connectivity index (χ3v) is 3.93. The number of benzene rings is 1. The van der Waals surface area contributed by atoms with Crippen molar-refractivity contribution in [3.05, 3.63) is 53.4 Å². The first kappa shape index (κ1) is 15.1. The van der Waals surface area contributed by atoms with Crippen LogP contribution in [-0.4, -0.2) is 33.6 Å². The monoisotopic (exact) mass is 310 g/mol. The van der Waals surface area contributed by atoms with Gasteiger partial charge in [0, 0.05) is 25.0 Å². The van der Waals surface area contributed by atoms with Gasteiger partial charge < -0.3 is 5.32 Å². The largest absolute Gasteiger partial charge is 0.355 e. The summed E-state index contributed by atoms with van der Waals surface area (Å²) in [7, 11) is 0. The summed E-state index contributed by atoms with van der Waals surface area (Å²) >= 11 is 0. The van der Waals surface area contributed by atoms with Crippen LogP contribution >= 0.6 is 0 Å². The molecule has 0 aliphatic heterocycles. The van der Waals surface area contributed by atoms with Gasteiger partial charge in [0.05, 0.1) is 18.3 Å². The number of ketones is 1. The Hall–Kier alpha value is -2.76. The molecule has 118 valence electrons. The van der Waals surface area contributed by atoms with Crippen molar-refractivity contribution in [3.63, 3.8) is 0 Å². The van der Waals surface area contributed by atoms with E-state index in [-0.39, 0.29) is 18.1 Å². The normalized spacial score (nSPS) is 14.3. The number of H-pyrrole nitrogens is 1. The zero-order chi connectivity index (χ0) is 16.1. The Kier molecular flexibility index (Phi) is 4.61. The molecule has 6 heteroatoms. The van der Waals surface area contributed by atoms with Gasteiger partial charge in [-0.05, 0) is 17.6 Å². The highest BCUT2D eigenvalue weighted by Crippen LogP contribution is 2.33. The predicted molar refractivity (Wildman–Crippen MR) is 85.3 cm³/mol. The molecule has 0 saturated heterocycles. The molecule has 1 heterocycles. The minimum absolute atomic E-state index is 0.0792. The number of allylic oxidation sites excluding steroid dienone is 1. The lowest BCUT2D eigenvalue weighted by Gasteiger charge is -2.08. The van der Waals surface area contributed by atoms with E-state index in [9.17, 15) is 9.59 Å². The molecule has 0 fully saturated rings. The number of rotatable bonds is 6. The molecule has 0 radical (unpaired) electrons. The quantitative estimate of drug-likeness (QED) is 0.849. The number of amides is 1. The summed E-state index contributed by atoms with van der Waals surface area (Å²) in [5.74, 6) is -0.0531. The molecule has 1 amide bonds. The lowest BCUT2D eigenvalue weighted by atomic mass is 10.00. The van der Waals surface area contributed by atoms with E-state index in [1.165, 1.54) is 0 Å². The Balaban J connectivity index is 1.62. The van der Waals surface area contributed by atoms with Crippen molar-refractivity contribution in [2.45, 2.75) is 25.7 Å². The molecule has 0 unspecified atom stereocenters. The van der Waals surface area contributed by atoms with Gasteiger partial charge in [-0.25, -0.2) is 0 Å². The van der Waals surface area contributed by atoms with Crippen LogP contribution in [0.2, 0.25) is 0 Å². The summed E-state index contributed by atoms with van der Waals surface area (Å²) in [4.78, 5) is 24.2. The maximum Gasteiger partial charge on any atom is 0.224 e. The van der Waals surface area contributed by atoms with Gasteiger partial charge in [-0.2, -0.15) is 15.4 Å². The number of carbonyl (C=O) groups excluding carboxylic acids is 2. The van der Waals surface area contributed by atoms with Crippen LogP contribution in [0, 0.1) is 0 Å². The molecule has 2 aromatic rings. The zero-order valence-electron chi connectivity index (χ0n) is 12.7. The Morgan fingerprint density at radius 2 is 2.04 bits per heavy atom. The smallest absolute Gasteiger partial charge is 0.224 e. The van der Waals surface area contributed by atoms with Crippen LogP contribution in [0.25, 0.3) is 5.57 Å². The van der Waals surface area contributed by atoms with Gasteiger partial charge in [-0.3, -0.25) is 9.59 Å². The lowest BCUT2D eigenvalue weighted by Crippen LogP contribution is -2.26. The molecule has 0 bridgehead atoms. The van der Waals surface area contributed by atoms with Crippen LogP contribution in [0.1, 0.15) is 30.5 Å². The highest BCUT2D eigenvalue weighted by atomic mass is 16.2. The van der Waals surface area contributed by atoms with Gasteiger partial charge >= 0.3 is 0 Å². The van der Waals surface area contributed by atoms with E-state index in [4.69, 9.17) is 0 Å². The lowest BCUT2D eigenvalue weighted by molar-refractivity contribution is -0.122. The molecular weight excluding hydrogens is 292 g/mol. The van der Waals surface area contributed by atoms with Crippen LogP contribution in [0.4, 0.5) is 0 Å². The fourth-order valence-electron chi connectivity index (χ4n) is 2.77. The molecule has 6 nitrogen and oxygen atoms in total. The fourth-order valence-corrected chi connectivity index (χ4v) is 2.77. The summed E-state index contributed by atoms with van der Waals surface area (Å²) in [6.07, 6.45) is 3.58. The van der Waals surface area contributed by atoms with Gasteiger partial charge in [-0.15, -0.1) is 0 Å². The summed E-state index contributed by atoms with van der Waals surface area (Å²) in [6, 6.07) is 9.80. The van der Waals surface area contributed by atoms with Crippen molar-refractivity contribution in [2.24, 2.45) is 0 Å². The summed E-state index contributed by atoms with van der Waals surface area (Å²) in [5, 5.41) is 13.0. The van der Waals surface area contributed by atoms with Gasteiger partial charge in [0.1, 0.15) is 0 Å². The number of aromatic nitrogens is 3.